The molecule has 3 atom stereocenters. The molecule has 2 saturated carbocycles. The Morgan fingerprint density at radius 3 is 2.40 bits per heavy atom. The molecule has 20 heavy (non-hydrogen) atoms. The lowest BCUT2D eigenvalue weighted by Gasteiger charge is -2.35. The van der Waals surface area contributed by atoms with E-state index in [0.29, 0.717) is 12.1 Å². The lowest BCUT2D eigenvalue weighted by atomic mass is 9.83. The van der Waals surface area contributed by atoms with Crippen LogP contribution in [0, 0.1) is 11.8 Å². The van der Waals surface area contributed by atoms with Crippen LogP contribution in [-0.4, -0.2) is 50.6 Å². The van der Waals surface area contributed by atoms with Crippen molar-refractivity contribution in [2.45, 2.75) is 57.5 Å². The van der Waals surface area contributed by atoms with Crippen molar-refractivity contribution in [3.8, 4) is 0 Å². The SMILES string of the molecule is CN=C(NCC(C1CCCCC1)N(C)C)NC1CC1C. The molecule has 0 saturated heterocycles. The van der Waals surface area contributed by atoms with Crippen LogP contribution in [0.4, 0.5) is 0 Å². The molecule has 0 aromatic heterocycles. The number of aliphatic imine (C=N–C) groups is 1. The van der Waals surface area contributed by atoms with Crippen molar-refractivity contribution in [3.63, 3.8) is 0 Å². The van der Waals surface area contributed by atoms with Crippen LogP contribution in [0.15, 0.2) is 4.99 Å². The molecule has 0 bridgehead atoms. The second-order valence-corrected chi connectivity index (χ2v) is 6.85. The Hall–Kier alpha value is -0.770. The fraction of sp³-hybridized carbons (Fsp3) is 0.938. The monoisotopic (exact) mass is 280 g/mol. The number of guanidine groups is 1. The van der Waals surface area contributed by atoms with E-state index < -0.39 is 0 Å². The smallest absolute Gasteiger partial charge is 0.191 e. The van der Waals surface area contributed by atoms with E-state index in [1.807, 2.05) is 7.05 Å². The van der Waals surface area contributed by atoms with Gasteiger partial charge in [-0.25, -0.2) is 0 Å². The van der Waals surface area contributed by atoms with Gasteiger partial charge in [0.1, 0.15) is 0 Å². The fourth-order valence-corrected chi connectivity index (χ4v) is 3.38. The topological polar surface area (TPSA) is 39.7 Å². The van der Waals surface area contributed by atoms with E-state index in [4.69, 9.17) is 0 Å². The molecule has 0 aromatic carbocycles. The van der Waals surface area contributed by atoms with Gasteiger partial charge in [0.2, 0.25) is 0 Å². The van der Waals surface area contributed by atoms with Gasteiger partial charge in [0.05, 0.1) is 0 Å². The van der Waals surface area contributed by atoms with Gasteiger partial charge in [0.15, 0.2) is 5.96 Å². The molecule has 0 spiro atoms. The Morgan fingerprint density at radius 2 is 1.90 bits per heavy atom. The Bertz CT molecular complexity index is 320. The molecule has 2 fully saturated rings. The van der Waals surface area contributed by atoms with Gasteiger partial charge in [-0.15, -0.1) is 0 Å². The average molecular weight is 280 g/mol. The van der Waals surface area contributed by atoms with E-state index in [-0.39, 0.29) is 0 Å². The van der Waals surface area contributed by atoms with Crippen LogP contribution in [0.2, 0.25) is 0 Å². The van der Waals surface area contributed by atoms with E-state index in [1.54, 1.807) is 0 Å². The molecular formula is C16H32N4. The minimum atomic E-state index is 0.616. The van der Waals surface area contributed by atoms with Crippen molar-refractivity contribution < 1.29 is 0 Å². The largest absolute Gasteiger partial charge is 0.355 e. The molecule has 0 heterocycles. The molecule has 2 aliphatic rings. The number of hydrogen-bond acceptors (Lipinski definition) is 2. The molecule has 2 rings (SSSR count). The fourth-order valence-electron chi connectivity index (χ4n) is 3.38. The minimum Gasteiger partial charge on any atom is -0.355 e. The summed E-state index contributed by atoms with van der Waals surface area (Å²) in [5, 5.41) is 7.05. The van der Waals surface area contributed by atoms with Gasteiger partial charge in [-0.05, 0) is 45.2 Å². The van der Waals surface area contributed by atoms with Gasteiger partial charge in [-0.3, -0.25) is 4.99 Å². The summed E-state index contributed by atoms with van der Waals surface area (Å²) < 4.78 is 0. The summed E-state index contributed by atoms with van der Waals surface area (Å²) in [7, 11) is 6.29. The molecule has 2 aliphatic carbocycles. The molecular weight excluding hydrogens is 248 g/mol. The highest BCUT2D eigenvalue weighted by Gasteiger charge is 2.33. The number of nitrogens with one attached hydrogen (secondary N) is 2. The lowest BCUT2D eigenvalue weighted by molar-refractivity contribution is 0.171. The molecule has 3 unspecified atom stereocenters. The number of likely N-dealkylation sites (N-methyl/N-ethyl adjacent to an activating group) is 1. The first kappa shape index (κ1) is 15.6. The van der Waals surface area contributed by atoms with Gasteiger partial charge >= 0.3 is 0 Å². The lowest BCUT2D eigenvalue weighted by Crippen LogP contribution is -2.49. The van der Waals surface area contributed by atoms with Crippen LogP contribution >= 0.6 is 0 Å². The molecule has 0 aliphatic heterocycles. The van der Waals surface area contributed by atoms with Crippen molar-refractivity contribution in [2.75, 3.05) is 27.7 Å². The van der Waals surface area contributed by atoms with Crippen molar-refractivity contribution in [3.05, 3.63) is 0 Å². The van der Waals surface area contributed by atoms with Crippen molar-refractivity contribution in [1.82, 2.24) is 15.5 Å². The molecule has 0 aromatic rings. The summed E-state index contributed by atoms with van der Waals surface area (Å²) in [5.74, 6) is 2.61. The second kappa shape index (κ2) is 7.30. The summed E-state index contributed by atoms with van der Waals surface area (Å²) in [6.07, 6.45) is 8.28. The first-order valence-corrected chi connectivity index (χ1v) is 8.25. The first-order valence-electron chi connectivity index (χ1n) is 8.25. The predicted molar refractivity (Wildman–Crippen MR) is 86.1 cm³/mol. The summed E-state index contributed by atoms with van der Waals surface area (Å²) in [4.78, 5) is 6.74. The third-order valence-corrected chi connectivity index (χ3v) is 4.99. The maximum absolute atomic E-state index is 4.35. The van der Waals surface area contributed by atoms with Gasteiger partial charge in [-0.1, -0.05) is 26.2 Å². The predicted octanol–water partition coefficient (Wildman–Crippen LogP) is 2.07. The summed E-state index contributed by atoms with van der Waals surface area (Å²) in [6.45, 7) is 3.29. The van der Waals surface area contributed by atoms with E-state index >= 15 is 0 Å². The summed E-state index contributed by atoms with van der Waals surface area (Å²) in [6, 6.07) is 1.25. The highest BCUT2D eigenvalue weighted by atomic mass is 15.2. The molecule has 116 valence electrons. The first-order chi connectivity index (χ1) is 9.61. The van der Waals surface area contributed by atoms with Crippen LogP contribution in [0.5, 0.6) is 0 Å². The van der Waals surface area contributed by atoms with Crippen LogP contribution in [0.25, 0.3) is 0 Å². The van der Waals surface area contributed by atoms with Crippen molar-refractivity contribution in [2.24, 2.45) is 16.8 Å². The molecule has 2 N–H and O–H groups in total. The van der Waals surface area contributed by atoms with Gasteiger partial charge in [0.25, 0.3) is 0 Å². The molecule has 0 radical (unpaired) electrons. The number of rotatable bonds is 5. The highest BCUT2D eigenvalue weighted by molar-refractivity contribution is 5.80. The zero-order valence-corrected chi connectivity index (χ0v) is 13.7. The average Bonchev–Trinajstić information content (AvgIpc) is 3.14. The van der Waals surface area contributed by atoms with Crippen LogP contribution in [0.1, 0.15) is 45.4 Å². The molecule has 4 nitrogen and oxygen atoms in total. The van der Waals surface area contributed by atoms with Gasteiger partial charge < -0.3 is 15.5 Å². The Morgan fingerprint density at radius 1 is 1.25 bits per heavy atom. The van der Waals surface area contributed by atoms with Crippen molar-refractivity contribution in [1.29, 1.82) is 0 Å². The van der Waals surface area contributed by atoms with Crippen molar-refractivity contribution >= 4 is 5.96 Å². The van der Waals surface area contributed by atoms with E-state index in [9.17, 15) is 0 Å². The van der Waals surface area contributed by atoms with E-state index in [2.05, 4.69) is 41.5 Å². The number of hydrogen-bond donors (Lipinski definition) is 2. The van der Waals surface area contributed by atoms with E-state index in [0.717, 1.165) is 24.3 Å². The second-order valence-electron chi connectivity index (χ2n) is 6.85. The summed E-state index contributed by atoms with van der Waals surface area (Å²) >= 11 is 0. The quantitative estimate of drug-likeness (QED) is 0.598. The zero-order valence-electron chi connectivity index (χ0n) is 13.7. The van der Waals surface area contributed by atoms with Gasteiger partial charge in [0, 0.05) is 25.7 Å². The molecule has 0 amide bonds. The summed E-state index contributed by atoms with van der Waals surface area (Å²) in [5.41, 5.74) is 0. The number of nitrogens with zero attached hydrogens (tertiary/aromatic N) is 2. The Kier molecular flexibility index (Phi) is 5.70. The van der Waals surface area contributed by atoms with Crippen LogP contribution in [0.3, 0.4) is 0 Å². The van der Waals surface area contributed by atoms with Crippen LogP contribution < -0.4 is 10.6 Å². The third-order valence-electron chi connectivity index (χ3n) is 4.99. The Balaban J connectivity index is 1.81. The molecule has 4 heteroatoms. The highest BCUT2D eigenvalue weighted by Crippen LogP contribution is 2.29. The minimum absolute atomic E-state index is 0.616. The van der Waals surface area contributed by atoms with E-state index in [1.165, 1.54) is 38.5 Å². The van der Waals surface area contributed by atoms with Gasteiger partial charge in [-0.2, -0.15) is 0 Å². The Labute approximate surface area is 124 Å². The zero-order chi connectivity index (χ0) is 14.5. The third kappa shape index (κ3) is 4.37. The normalized spacial score (nSPS) is 29.4. The maximum Gasteiger partial charge on any atom is 0.191 e. The maximum atomic E-state index is 4.35. The standard InChI is InChI=1S/C16H32N4/c1-12-10-14(12)19-16(17-2)18-11-15(20(3)4)13-8-6-5-7-9-13/h12-15H,5-11H2,1-4H3,(H2,17,18,19). The van der Waals surface area contributed by atoms with Crippen LogP contribution in [-0.2, 0) is 0 Å².